The van der Waals surface area contributed by atoms with E-state index < -0.39 is 0 Å². The number of hydrogen-bond acceptors (Lipinski definition) is 2. The summed E-state index contributed by atoms with van der Waals surface area (Å²) in [5.74, 6) is 0.780. The van der Waals surface area contributed by atoms with Gasteiger partial charge in [-0.05, 0) is 36.1 Å². The Kier molecular flexibility index (Phi) is 3.46. The van der Waals surface area contributed by atoms with Crippen molar-refractivity contribution >= 4 is 10.9 Å². The van der Waals surface area contributed by atoms with Crippen molar-refractivity contribution < 1.29 is 0 Å². The fourth-order valence-corrected chi connectivity index (χ4v) is 3.15. The van der Waals surface area contributed by atoms with E-state index in [4.69, 9.17) is 0 Å². The first-order chi connectivity index (χ1) is 9.36. The van der Waals surface area contributed by atoms with E-state index in [1.165, 1.54) is 25.7 Å². The lowest BCUT2D eigenvalue weighted by Gasteiger charge is -2.14. The van der Waals surface area contributed by atoms with E-state index in [1.54, 1.807) is 0 Å². The number of benzene rings is 1. The Hall–Kier alpha value is -1.88. The molecule has 2 nitrogen and oxygen atoms in total. The average Bonchev–Trinajstić information content (AvgIpc) is 2.97. The lowest BCUT2D eigenvalue weighted by molar-refractivity contribution is 0.482. The fourth-order valence-electron chi connectivity index (χ4n) is 3.15. The number of aromatic nitrogens is 1. The molecule has 3 rings (SSSR count). The predicted octanol–water partition coefficient (Wildman–Crippen LogP) is 4.42. The molecule has 0 aliphatic heterocycles. The minimum absolute atomic E-state index is 0.0349. The minimum atomic E-state index is 0.0349. The highest BCUT2D eigenvalue weighted by atomic mass is 14.6. The van der Waals surface area contributed by atoms with Crippen molar-refractivity contribution in [2.75, 3.05) is 0 Å². The molecule has 1 aromatic carbocycles. The number of rotatable bonds is 3. The van der Waals surface area contributed by atoms with Crippen molar-refractivity contribution in [2.45, 2.75) is 38.0 Å². The number of fused-ring (bicyclic) bond motifs is 1. The summed E-state index contributed by atoms with van der Waals surface area (Å²) in [6.45, 7) is 0. The molecule has 2 aromatic rings. The van der Waals surface area contributed by atoms with Crippen molar-refractivity contribution in [3.05, 3.63) is 42.1 Å². The van der Waals surface area contributed by atoms with Crippen LogP contribution in [0.5, 0.6) is 0 Å². The van der Waals surface area contributed by atoms with Gasteiger partial charge >= 0.3 is 0 Å². The summed E-state index contributed by atoms with van der Waals surface area (Å²) in [5.41, 5.74) is 2.15. The third kappa shape index (κ3) is 2.61. The Balaban J connectivity index is 1.86. The van der Waals surface area contributed by atoms with Gasteiger partial charge in [-0.3, -0.25) is 4.98 Å². The van der Waals surface area contributed by atoms with Gasteiger partial charge in [-0.25, -0.2) is 0 Å². The third-order valence-corrected chi connectivity index (χ3v) is 4.23. The lowest BCUT2D eigenvalue weighted by atomic mass is 9.88. The van der Waals surface area contributed by atoms with E-state index in [9.17, 15) is 5.26 Å². The van der Waals surface area contributed by atoms with Gasteiger partial charge in [-0.2, -0.15) is 5.26 Å². The molecule has 1 fully saturated rings. The molecule has 1 saturated carbocycles. The van der Waals surface area contributed by atoms with Crippen molar-refractivity contribution in [2.24, 2.45) is 5.92 Å². The Morgan fingerprint density at radius 2 is 2.11 bits per heavy atom. The maximum Gasteiger partial charge on any atom is 0.0715 e. The first-order valence-corrected chi connectivity index (χ1v) is 7.11. The van der Waals surface area contributed by atoms with Crippen LogP contribution in [-0.4, -0.2) is 4.98 Å². The molecule has 2 heteroatoms. The highest BCUT2D eigenvalue weighted by Gasteiger charge is 2.21. The smallest absolute Gasteiger partial charge is 0.0715 e. The molecule has 19 heavy (non-hydrogen) atoms. The summed E-state index contributed by atoms with van der Waals surface area (Å²) in [4.78, 5) is 4.33. The third-order valence-electron chi connectivity index (χ3n) is 4.23. The average molecular weight is 250 g/mol. The van der Waals surface area contributed by atoms with Gasteiger partial charge in [-0.1, -0.05) is 37.8 Å². The lowest BCUT2D eigenvalue weighted by Crippen LogP contribution is -2.03. The maximum atomic E-state index is 9.45. The van der Waals surface area contributed by atoms with Crippen LogP contribution in [0.3, 0.4) is 0 Å². The van der Waals surface area contributed by atoms with Gasteiger partial charge in [0.1, 0.15) is 0 Å². The molecule has 1 heterocycles. The summed E-state index contributed by atoms with van der Waals surface area (Å²) >= 11 is 0. The van der Waals surface area contributed by atoms with Crippen LogP contribution >= 0.6 is 0 Å². The molecule has 1 aliphatic carbocycles. The molecular formula is C17H18N2. The Bertz CT molecular complexity index is 606. The standard InChI is InChI=1S/C17H18N2/c18-12-16(10-13-4-1-2-5-13)14-7-8-17-15(11-14)6-3-9-19-17/h3,6-9,11,13,16H,1-2,4-5,10H2/t16-/m1/s1. The fraction of sp³-hybridized carbons (Fsp3) is 0.412. The van der Waals surface area contributed by atoms with E-state index in [-0.39, 0.29) is 5.92 Å². The van der Waals surface area contributed by atoms with E-state index in [0.29, 0.717) is 0 Å². The largest absolute Gasteiger partial charge is 0.256 e. The zero-order chi connectivity index (χ0) is 13.1. The SMILES string of the molecule is N#C[C@@H](CC1CCCC1)c1ccc2ncccc2c1. The van der Waals surface area contributed by atoms with Crippen molar-refractivity contribution in [1.82, 2.24) is 4.98 Å². The molecule has 1 aliphatic rings. The Labute approximate surface area is 114 Å². The second-order valence-electron chi connectivity index (χ2n) is 5.52. The van der Waals surface area contributed by atoms with Crippen LogP contribution in [0.2, 0.25) is 0 Å². The van der Waals surface area contributed by atoms with Crippen molar-refractivity contribution in [1.29, 1.82) is 5.26 Å². The Morgan fingerprint density at radius 3 is 2.89 bits per heavy atom. The van der Waals surface area contributed by atoms with Crippen molar-refractivity contribution in [3.8, 4) is 6.07 Å². The second-order valence-corrected chi connectivity index (χ2v) is 5.52. The molecule has 0 bridgehead atoms. The normalized spacial score (nSPS) is 17.4. The summed E-state index contributed by atoms with van der Waals surface area (Å²) in [6.07, 6.45) is 8.10. The van der Waals surface area contributed by atoms with Crippen LogP contribution in [-0.2, 0) is 0 Å². The molecule has 0 saturated heterocycles. The van der Waals surface area contributed by atoms with Crippen LogP contribution < -0.4 is 0 Å². The molecule has 0 unspecified atom stereocenters. The van der Waals surface area contributed by atoms with Crippen LogP contribution in [0.15, 0.2) is 36.5 Å². The molecule has 1 aromatic heterocycles. The number of nitriles is 1. The topological polar surface area (TPSA) is 36.7 Å². The van der Waals surface area contributed by atoms with Gasteiger partial charge in [0.15, 0.2) is 0 Å². The molecular weight excluding hydrogens is 232 g/mol. The molecule has 0 radical (unpaired) electrons. The van der Waals surface area contributed by atoms with E-state index >= 15 is 0 Å². The van der Waals surface area contributed by atoms with E-state index in [1.807, 2.05) is 18.3 Å². The predicted molar refractivity (Wildman–Crippen MR) is 76.7 cm³/mol. The molecule has 96 valence electrons. The quantitative estimate of drug-likeness (QED) is 0.808. The van der Waals surface area contributed by atoms with Gasteiger partial charge in [0.2, 0.25) is 0 Å². The minimum Gasteiger partial charge on any atom is -0.256 e. The molecule has 0 spiro atoms. The molecule has 0 N–H and O–H groups in total. The summed E-state index contributed by atoms with van der Waals surface area (Å²) < 4.78 is 0. The second kappa shape index (κ2) is 5.40. The number of nitrogens with zero attached hydrogens (tertiary/aromatic N) is 2. The summed E-state index contributed by atoms with van der Waals surface area (Å²) in [7, 11) is 0. The Morgan fingerprint density at radius 1 is 1.26 bits per heavy atom. The van der Waals surface area contributed by atoms with Gasteiger partial charge in [0, 0.05) is 11.6 Å². The van der Waals surface area contributed by atoms with Gasteiger partial charge in [-0.15, -0.1) is 0 Å². The van der Waals surface area contributed by atoms with Gasteiger partial charge in [0.05, 0.1) is 17.5 Å². The van der Waals surface area contributed by atoms with E-state index in [0.717, 1.165) is 28.8 Å². The zero-order valence-electron chi connectivity index (χ0n) is 11.0. The van der Waals surface area contributed by atoms with Gasteiger partial charge < -0.3 is 0 Å². The molecule has 1 atom stereocenters. The summed E-state index contributed by atoms with van der Waals surface area (Å²) in [5, 5.41) is 10.6. The van der Waals surface area contributed by atoms with Crippen LogP contribution in [0.4, 0.5) is 0 Å². The monoisotopic (exact) mass is 250 g/mol. The van der Waals surface area contributed by atoms with E-state index in [2.05, 4.69) is 29.3 Å². The molecule has 0 amide bonds. The summed E-state index contributed by atoms with van der Waals surface area (Å²) in [6, 6.07) is 12.7. The highest BCUT2D eigenvalue weighted by molar-refractivity contribution is 5.79. The first kappa shape index (κ1) is 12.2. The van der Waals surface area contributed by atoms with Crippen molar-refractivity contribution in [3.63, 3.8) is 0 Å². The maximum absolute atomic E-state index is 9.45. The van der Waals surface area contributed by atoms with Gasteiger partial charge in [0.25, 0.3) is 0 Å². The zero-order valence-corrected chi connectivity index (χ0v) is 11.0. The number of pyridine rings is 1. The first-order valence-electron chi connectivity index (χ1n) is 7.11. The van der Waals surface area contributed by atoms with Crippen LogP contribution in [0.1, 0.15) is 43.6 Å². The van der Waals surface area contributed by atoms with Crippen LogP contribution in [0, 0.1) is 17.2 Å². The number of hydrogen-bond donors (Lipinski definition) is 0. The highest BCUT2D eigenvalue weighted by Crippen LogP contribution is 2.34. The van der Waals surface area contributed by atoms with Crippen LogP contribution in [0.25, 0.3) is 10.9 Å².